The Kier molecular flexibility index (Phi) is 8.41. The first-order valence-corrected chi connectivity index (χ1v) is 11.7. The Bertz CT molecular complexity index is 1170. The lowest BCUT2D eigenvalue weighted by Gasteiger charge is -2.42. The number of ether oxygens (including phenoxy) is 2. The van der Waals surface area contributed by atoms with Gasteiger partial charge in [-0.15, -0.1) is 0 Å². The number of aliphatic hydroxyl groups excluding tert-OH is 1. The number of rotatable bonds is 7. The summed E-state index contributed by atoms with van der Waals surface area (Å²) in [5.74, 6) is -0.491. The van der Waals surface area contributed by atoms with Crippen LogP contribution in [0.4, 0.5) is 30.7 Å². The van der Waals surface area contributed by atoms with E-state index in [9.17, 15) is 35.8 Å². The van der Waals surface area contributed by atoms with E-state index in [0.717, 1.165) is 5.56 Å². The first-order chi connectivity index (χ1) is 18.0. The van der Waals surface area contributed by atoms with Crippen molar-refractivity contribution >= 4 is 0 Å². The third-order valence-corrected chi connectivity index (χ3v) is 6.20. The van der Waals surface area contributed by atoms with Gasteiger partial charge in [0.25, 0.3) is 0 Å². The number of aliphatic hydroxyl groups is 1. The largest absolute Gasteiger partial charge is 0.416 e. The van der Waals surface area contributed by atoms with Crippen LogP contribution in [0.3, 0.4) is 0 Å². The molecule has 4 nitrogen and oxygen atoms in total. The summed E-state index contributed by atoms with van der Waals surface area (Å²) in [5, 5.41) is 9.99. The Morgan fingerprint density at radius 1 is 0.895 bits per heavy atom. The van der Waals surface area contributed by atoms with Crippen molar-refractivity contribution in [3.63, 3.8) is 0 Å². The van der Waals surface area contributed by atoms with Crippen LogP contribution >= 0.6 is 0 Å². The Morgan fingerprint density at radius 2 is 1.50 bits per heavy atom. The third-order valence-electron chi connectivity index (χ3n) is 6.20. The zero-order valence-corrected chi connectivity index (χ0v) is 19.8. The molecule has 3 aromatic carbocycles. The molecule has 0 amide bonds. The molecule has 1 saturated heterocycles. The van der Waals surface area contributed by atoms with E-state index in [0.29, 0.717) is 30.8 Å². The van der Waals surface area contributed by atoms with Crippen molar-refractivity contribution in [2.24, 2.45) is 0 Å². The van der Waals surface area contributed by atoms with E-state index < -0.39 is 59.9 Å². The monoisotopic (exact) mass is 543 g/mol. The molecule has 1 fully saturated rings. The summed E-state index contributed by atoms with van der Waals surface area (Å²) in [4.78, 5) is 1.96. The maximum atomic E-state index is 13.7. The molecule has 0 bridgehead atoms. The molecule has 0 spiro atoms. The summed E-state index contributed by atoms with van der Waals surface area (Å²) in [6.45, 7) is 0.0665. The Morgan fingerprint density at radius 3 is 2.05 bits per heavy atom. The van der Waals surface area contributed by atoms with Crippen LogP contribution in [0, 0.1) is 5.82 Å². The minimum atomic E-state index is -5.06. The Balaban J connectivity index is 1.69. The van der Waals surface area contributed by atoms with Crippen molar-refractivity contribution in [3.05, 3.63) is 106 Å². The van der Waals surface area contributed by atoms with Gasteiger partial charge in [-0.1, -0.05) is 42.5 Å². The second kappa shape index (κ2) is 11.4. The molecule has 1 aliphatic rings. The Labute approximate surface area is 214 Å². The van der Waals surface area contributed by atoms with E-state index in [4.69, 9.17) is 9.47 Å². The van der Waals surface area contributed by atoms with E-state index >= 15 is 0 Å². The second-order valence-corrected chi connectivity index (χ2v) is 8.84. The summed E-state index contributed by atoms with van der Waals surface area (Å²) < 4.78 is 106. The molecule has 0 aliphatic carbocycles. The highest BCUT2D eigenvalue weighted by atomic mass is 19.4. The van der Waals surface area contributed by atoms with E-state index in [-0.39, 0.29) is 12.7 Å². The van der Waals surface area contributed by atoms with Gasteiger partial charge in [-0.3, -0.25) is 4.90 Å². The predicted molar refractivity (Wildman–Crippen MR) is 123 cm³/mol. The summed E-state index contributed by atoms with van der Waals surface area (Å²) >= 11 is 0. The van der Waals surface area contributed by atoms with Gasteiger partial charge < -0.3 is 14.6 Å². The fourth-order valence-corrected chi connectivity index (χ4v) is 4.38. The van der Waals surface area contributed by atoms with Crippen molar-refractivity contribution in [3.8, 4) is 0 Å². The van der Waals surface area contributed by atoms with Crippen LogP contribution in [0.2, 0.25) is 0 Å². The van der Waals surface area contributed by atoms with Gasteiger partial charge in [-0.2, -0.15) is 26.3 Å². The van der Waals surface area contributed by atoms with Crippen LogP contribution in [0.15, 0.2) is 72.8 Å². The topological polar surface area (TPSA) is 41.9 Å². The van der Waals surface area contributed by atoms with Gasteiger partial charge >= 0.3 is 12.4 Å². The standard InChI is InChI=1S/C27H24F7NO3/c28-22-8-6-18(7-9-22)24-25(37-11-10-35(24)15-17-4-2-1-3-5-17)38-23(16-36)19-12-20(26(29,30)31)14-21(13-19)27(32,33)34/h1-9,12-14,23-25,36H,10-11,15-16H2/t23?,24-,25+/m0/s1. The normalized spacial score (nSPS) is 19.9. The summed E-state index contributed by atoms with van der Waals surface area (Å²) in [6.07, 6.45) is -12.9. The number of benzene rings is 3. The number of morpholine rings is 1. The van der Waals surface area contributed by atoms with Gasteiger partial charge in [-0.25, -0.2) is 4.39 Å². The lowest BCUT2D eigenvalue weighted by Crippen LogP contribution is -2.46. The van der Waals surface area contributed by atoms with Crippen LogP contribution in [0.1, 0.15) is 40.0 Å². The zero-order chi connectivity index (χ0) is 27.5. The highest BCUT2D eigenvalue weighted by Crippen LogP contribution is 2.40. The molecule has 0 aromatic heterocycles. The molecule has 0 radical (unpaired) electrons. The molecular weight excluding hydrogens is 519 g/mol. The highest BCUT2D eigenvalue weighted by Gasteiger charge is 2.40. The van der Waals surface area contributed by atoms with Crippen molar-refractivity contribution < 1.29 is 45.3 Å². The van der Waals surface area contributed by atoms with Gasteiger partial charge in [0.2, 0.25) is 0 Å². The summed E-state index contributed by atoms with van der Waals surface area (Å²) in [6, 6.07) is 15.2. The molecule has 3 atom stereocenters. The van der Waals surface area contributed by atoms with Crippen LogP contribution in [-0.2, 0) is 28.4 Å². The molecule has 1 unspecified atom stereocenters. The first kappa shape index (κ1) is 28.0. The highest BCUT2D eigenvalue weighted by molar-refractivity contribution is 5.35. The lowest BCUT2D eigenvalue weighted by molar-refractivity contribution is -0.238. The smallest absolute Gasteiger partial charge is 0.393 e. The average Bonchev–Trinajstić information content (AvgIpc) is 2.87. The maximum absolute atomic E-state index is 13.7. The molecule has 38 heavy (non-hydrogen) atoms. The lowest BCUT2D eigenvalue weighted by atomic mass is 10.00. The van der Waals surface area contributed by atoms with E-state index in [1.807, 2.05) is 35.2 Å². The number of hydrogen-bond donors (Lipinski definition) is 1. The number of nitrogens with zero attached hydrogens (tertiary/aromatic N) is 1. The molecule has 0 saturated carbocycles. The maximum Gasteiger partial charge on any atom is 0.416 e. The summed E-state index contributed by atoms with van der Waals surface area (Å²) in [7, 11) is 0. The fraction of sp³-hybridized carbons (Fsp3) is 0.333. The summed E-state index contributed by atoms with van der Waals surface area (Å²) in [5.41, 5.74) is -2.05. The van der Waals surface area contributed by atoms with Crippen LogP contribution in [0.25, 0.3) is 0 Å². The molecule has 1 heterocycles. The number of alkyl halides is 6. The van der Waals surface area contributed by atoms with Gasteiger partial charge in [0, 0.05) is 13.1 Å². The van der Waals surface area contributed by atoms with Crippen molar-refractivity contribution in [1.82, 2.24) is 4.90 Å². The number of halogens is 7. The van der Waals surface area contributed by atoms with E-state index in [1.54, 1.807) is 0 Å². The van der Waals surface area contributed by atoms with Crippen molar-refractivity contribution in [2.45, 2.75) is 37.3 Å². The number of hydrogen-bond acceptors (Lipinski definition) is 4. The quantitative estimate of drug-likeness (QED) is 0.345. The predicted octanol–water partition coefficient (Wildman–Crippen LogP) is 6.51. The van der Waals surface area contributed by atoms with Gasteiger partial charge in [0.15, 0.2) is 6.29 Å². The molecular formula is C27H24F7NO3. The molecule has 11 heteroatoms. The van der Waals surface area contributed by atoms with Gasteiger partial charge in [-0.05, 0) is 47.0 Å². The van der Waals surface area contributed by atoms with Crippen molar-refractivity contribution in [1.29, 1.82) is 0 Å². The van der Waals surface area contributed by atoms with Crippen molar-refractivity contribution in [2.75, 3.05) is 19.8 Å². The zero-order valence-electron chi connectivity index (χ0n) is 19.8. The van der Waals surface area contributed by atoms with Crippen LogP contribution < -0.4 is 0 Å². The van der Waals surface area contributed by atoms with Crippen LogP contribution in [0.5, 0.6) is 0 Å². The molecule has 4 rings (SSSR count). The van der Waals surface area contributed by atoms with E-state index in [1.165, 1.54) is 24.3 Å². The van der Waals surface area contributed by atoms with Gasteiger partial charge in [0.05, 0.1) is 30.4 Å². The van der Waals surface area contributed by atoms with Crippen LogP contribution in [-0.4, -0.2) is 36.1 Å². The molecule has 1 aliphatic heterocycles. The molecule has 3 aromatic rings. The Hall–Kier alpha value is -2.99. The fourth-order valence-electron chi connectivity index (χ4n) is 4.38. The first-order valence-electron chi connectivity index (χ1n) is 11.7. The van der Waals surface area contributed by atoms with Gasteiger partial charge in [0.1, 0.15) is 11.9 Å². The minimum absolute atomic E-state index is 0.0119. The van der Waals surface area contributed by atoms with E-state index in [2.05, 4.69) is 0 Å². The second-order valence-electron chi connectivity index (χ2n) is 8.84. The molecule has 1 N–H and O–H groups in total. The molecule has 204 valence electrons. The third kappa shape index (κ3) is 6.71. The SMILES string of the molecule is OCC(O[C@H]1OCCN(Cc2ccccc2)[C@H]1c1ccc(F)cc1)c1cc(C(F)(F)F)cc(C(F)(F)F)c1. The average molecular weight is 543 g/mol. The minimum Gasteiger partial charge on any atom is -0.393 e.